The molecule has 0 unspecified atom stereocenters. The summed E-state index contributed by atoms with van der Waals surface area (Å²) in [4.78, 5) is 31.9. The zero-order valence-corrected chi connectivity index (χ0v) is 12.5. The molecule has 1 aromatic carbocycles. The van der Waals surface area contributed by atoms with E-state index in [1.165, 1.54) is 11.8 Å². The van der Waals surface area contributed by atoms with E-state index >= 15 is 0 Å². The van der Waals surface area contributed by atoms with Gasteiger partial charge in [-0.3, -0.25) is 4.79 Å². The SMILES string of the molecule is Cc1c(C(=O)O)sc2nc(Sc3ccccc3)[nH]c(=O)c12. The second kappa shape index (κ2) is 5.34. The van der Waals surface area contributed by atoms with Gasteiger partial charge in [0, 0.05) is 4.90 Å². The maximum absolute atomic E-state index is 12.2. The summed E-state index contributed by atoms with van der Waals surface area (Å²) in [5.41, 5.74) is 0.159. The van der Waals surface area contributed by atoms with Crippen LogP contribution in [0.15, 0.2) is 45.2 Å². The number of fused-ring (bicyclic) bond motifs is 1. The monoisotopic (exact) mass is 318 g/mol. The van der Waals surface area contributed by atoms with Crippen molar-refractivity contribution in [1.82, 2.24) is 9.97 Å². The number of hydrogen-bond donors (Lipinski definition) is 2. The lowest BCUT2D eigenvalue weighted by molar-refractivity contribution is 0.0701. The molecule has 2 aromatic heterocycles. The van der Waals surface area contributed by atoms with E-state index in [1.807, 2.05) is 30.3 Å². The van der Waals surface area contributed by atoms with Gasteiger partial charge in [0.1, 0.15) is 9.71 Å². The summed E-state index contributed by atoms with van der Waals surface area (Å²) in [5.74, 6) is -1.04. The Hall–Kier alpha value is -2.12. The molecule has 0 aliphatic rings. The largest absolute Gasteiger partial charge is 0.477 e. The van der Waals surface area contributed by atoms with Crippen LogP contribution in [0.5, 0.6) is 0 Å². The van der Waals surface area contributed by atoms with Crippen molar-refractivity contribution in [3.05, 3.63) is 51.1 Å². The zero-order valence-electron chi connectivity index (χ0n) is 10.9. The molecule has 7 heteroatoms. The van der Waals surface area contributed by atoms with E-state index in [1.54, 1.807) is 6.92 Å². The minimum Gasteiger partial charge on any atom is -0.477 e. The van der Waals surface area contributed by atoms with Gasteiger partial charge in [-0.15, -0.1) is 11.3 Å². The fourth-order valence-corrected chi connectivity index (χ4v) is 3.85. The summed E-state index contributed by atoms with van der Waals surface area (Å²) in [6.07, 6.45) is 0. The van der Waals surface area contributed by atoms with Crippen LogP contribution in [0.3, 0.4) is 0 Å². The van der Waals surface area contributed by atoms with E-state index in [9.17, 15) is 9.59 Å². The molecule has 0 spiro atoms. The van der Waals surface area contributed by atoms with E-state index in [-0.39, 0.29) is 10.4 Å². The summed E-state index contributed by atoms with van der Waals surface area (Å²) in [6.45, 7) is 1.63. The number of carboxylic acids is 1. The molecule has 5 nitrogen and oxygen atoms in total. The number of aromatic carboxylic acids is 1. The van der Waals surface area contributed by atoms with Crippen LogP contribution >= 0.6 is 23.1 Å². The molecule has 2 N–H and O–H groups in total. The third kappa shape index (κ3) is 2.57. The second-order valence-electron chi connectivity index (χ2n) is 4.33. The van der Waals surface area contributed by atoms with Gasteiger partial charge in [-0.1, -0.05) is 30.0 Å². The first-order valence-corrected chi connectivity index (χ1v) is 7.69. The molecule has 0 aliphatic heterocycles. The Morgan fingerprint density at radius 1 is 1.33 bits per heavy atom. The number of aryl methyl sites for hydroxylation is 1. The second-order valence-corrected chi connectivity index (χ2v) is 6.39. The van der Waals surface area contributed by atoms with E-state index < -0.39 is 5.97 Å². The number of rotatable bonds is 3. The van der Waals surface area contributed by atoms with Crippen LogP contribution in [0.25, 0.3) is 10.2 Å². The molecule has 0 amide bonds. The van der Waals surface area contributed by atoms with Gasteiger partial charge < -0.3 is 10.1 Å². The number of H-pyrrole nitrogens is 1. The van der Waals surface area contributed by atoms with Crippen molar-refractivity contribution in [3.63, 3.8) is 0 Å². The predicted molar refractivity (Wildman–Crippen MR) is 82.5 cm³/mol. The highest BCUT2D eigenvalue weighted by atomic mass is 32.2. The average molecular weight is 318 g/mol. The standard InChI is InChI=1S/C14H10N2O3S2/c1-7-9-11(17)15-14(20-8-5-3-2-4-6-8)16-12(9)21-10(7)13(18)19/h2-6H,1H3,(H,18,19)(H,15,16,17). The third-order valence-electron chi connectivity index (χ3n) is 2.93. The number of thiophene rings is 1. The van der Waals surface area contributed by atoms with Gasteiger partial charge in [-0.2, -0.15) is 0 Å². The number of hydrogen-bond acceptors (Lipinski definition) is 5. The molecule has 0 aliphatic carbocycles. The van der Waals surface area contributed by atoms with Crippen molar-refractivity contribution in [2.45, 2.75) is 17.0 Å². The number of aromatic amines is 1. The minimum atomic E-state index is -1.04. The Morgan fingerprint density at radius 2 is 2.05 bits per heavy atom. The van der Waals surface area contributed by atoms with Gasteiger partial charge in [0.2, 0.25) is 0 Å². The van der Waals surface area contributed by atoms with Gasteiger partial charge in [0.15, 0.2) is 5.16 Å². The molecule has 0 fully saturated rings. The van der Waals surface area contributed by atoms with Crippen molar-refractivity contribution < 1.29 is 9.90 Å². The Labute approximate surface area is 127 Å². The van der Waals surface area contributed by atoms with Gasteiger partial charge in [-0.05, 0) is 24.6 Å². The molecule has 0 bridgehead atoms. The molecule has 3 rings (SSSR count). The highest BCUT2D eigenvalue weighted by molar-refractivity contribution is 7.99. The molecule has 0 radical (unpaired) electrons. The van der Waals surface area contributed by atoms with Crippen molar-refractivity contribution in [2.75, 3.05) is 0 Å². The van der Waals surface area contributed by atoms with Gasteiger partial charge >= 0.3 is 5.97 Å². The fourth-order valence-electron chi connectivity index (χ4n) is 1.98. The molecule has 21 heavy (non-hydrogen) atoms. The summed E-state index contributed by atoms with van der Waals surface area (Å²) >= 11 is 2.36. The molecule has 106 valence electrons. The maximum atomic E-state index is 12.2. The number of aromatic nitrogens is 2. The molecule has 2 heterocycles. The molecule has 3 aromatic rings. The molecular formula is C14H10N2O3S2. The zero-order chi connectivity index (χ0) is 15.0. The lowest BCUT2D eigenvalue weighted by Gasteiger charge is -2.00. The van der Waals surface area contributed by atoms with Gasteiger partial charge in [-0.25, -0.2) is 9.78 Å². The van der Waals surface area contributed by atoms with Crippen molar-refractivity contribution >= 4 is 39.3 Å². The maximum Gasteiger partial charge on any atom is 0.346 e. The summed E-state index contributed by atoms with van der Waals surface area (Å²) in [7, 11) is 0. The van der Waals surface area contributed by atoms with Crippen molar-refractivity contribution in [2.24, 2.45) is 0 Å². The number of carboxylic acid groups (broad SMARTS) is 1. The van der Waals surface area contributed by atoms with Crippen molar-refractivity contribution in [1.29, 1.82) is 0 Å². The Kier molecular flexibility index (Phi) is 3.52. The Bertz CT molecular complexity index is 884. The number of carbonyl (C=O) groups is 1. The van der Waals surface area contributed by atoms with Gasteiger partial charge in [0.25, 0.3) is 5.56 Å². The Morgan fingerprint density at radius 3 is 2.71 bits per heavy atom. The third-order valence-corrected chi connectivity index (χ3v) is 5.00. The number of benzene rings is 1. The topological polar surface area (TPSA) is 83.0 Å². The minimum absolute atomic E-state index is 0.157. The van der Waals surface area contributed by atoms with Crippen LogP contribution < -0.4 is 5.56 Å². The highest BCUT2D eigenvalue weighted by Crippen LogP contribution is 2.30. The van der Waals surface area contributed by atoms with Crippen LogP contribution in [0.1, 0.15) is 15.2 Å². The van der Waals surface area contributed by atoms with E-state index in [0.717, 1.165) is 16.2 Å². The lowest BCUT2D eigenvalue weighted by atomic mass is 10.2. The summed E-state index contributed by atoms with van der Waals surface area (Å²) in [6, 6.07) is 9.53. The van der Waals surface area contributed by atoms with Crippen LogP contribution in [-0.4, -0.2) is 21.0 Å². The van der Waals surface area contributed by atoms with Crippen LogP contribution in [-0.2, 0) is 0 Å². The summed E-state index contributed by atoms with van der Waals surface area (Å²) < 4.78 is 0. The fraction of sp³-hybridized carbons (Fsp3) is 0.0714. The molecule has 0 saturated carbocycles. The van der Waals surface area contributed by atoms with Crippen LogP contribution in [0.4, 0.5) is 0 Å². The smallest absolute Gasteiger partial charge is 0.346 e. The van der Waals surface area contributed by atoms with Crippen LogP contribution in [0, 0.1) is 6.92 Å². The van der Waals surface area contributed by atoms with Crippen molar-refractivity contribution in [3.8, 4) is 0 Å². The normalized spacial score (nSPS) is 10.9. The van der Waals surface area contributed by atoms with E-state index in [2.05, 4.69) is 9.97 Å². The number of nitrogens with one attached hydrogen (secondary N) is 1. The number of nitrogens with zero attached hydrogens (tertiary/aromatic N) is 1. The lowest BCUT2D eigenvalue weighted by Crippen LogP contribution is -2.09. The molecule has 0 atom stereocenters. The summed E-state index contributed by atoms with van der Waals surface area (Å²) in [5, 5.41) is 9.94. The Balaban J connectivity index is 2.11. The van der Waals surface area contributed by atoms with E-state index in [0.29, 0.717) is 20.9 Å². The first-order valence-electron chi connectivity index (χ1n) is 6.06. The van der Waals surface area contributed by atoms with Crippen LogP contribution in [0.2, 0.25) is 0 Å². The first-order chi connectivity index (χ1) is 10.1. The van der Waals surface area contributed by atoms with Gasteiger partial charge in [0.05, 0.1) is 5.39 Å². The first kappa shape index (κ1) is 13.8. The predicted octanol–water partition coefficient (Wildman–Crippen LogP) is 3.14. The van der Waals surface area contributed by atoms with E-state index in [4.69, 9.17) is 5.11 Å². The molecule has 0 saturated heterocycles. The average Bonchev–Trinajstić information content (AvgIpc) is 2.77. The highest BCUT2D eigenvalue weighted by Gasteiger charge is 2.18. The molecular weight excluding hydrogens is 308 g/mol. The quantitative estimate of drug-likeness (QED) is 0.725.